The molecule has 2 N–H and O–H groups in total. The maximum absolute atomic E-state index is 14.1. The molecular formula is C12H7ClF2N2O3. The molecule has 2 heterocycles. The van der Waals surface area contributed by atoms with Gasteiger partial charge in [-0.1, -0.05) is 11.6 Å². The van der Waals surface area contributed by atoms with Crippen LogP contribution < -0.4 is 5.43 Å². The van der Waals surface area contributed by atoms with Crippen LogP contribution in [-0.4, -0.2) is 27.2 Å². The van der Waals surface area contributed by atoms with Gasteiger partial charge in [0.1, 0.15) is 22.5 Å². The molecule has 0 radical (unpaired) electrons. The van der Waals surface area contributed by atoms with E-state index in [0.29, 0.717) is 0 Å². The molecule has 0 spiro atoms. The van der Waals surface area contributed by atoms with Gasteiger partial charge < -0.3 is 10.1 Å². The quantitative estimate of drug-likeness (QED) is 0.833. The summed E-state index contributed by atoms with van der Waals surface area (Å²) in [4.78, 5) is 29.1. The molecule has 0 aliphatic heterocycles. The number of hydrogen-bond acceptors (Lipinski definition) is 3. The zero-order chi connectivity index (χ0) is 14.7. The topological polar surface area (TPSA) is 83.0 Å². The minimum Gasteiger partial charge on any atom is -0.477 e. The summed E-state index contributed by atoms with van der Waals surface area (Å²) in [6, 6.07) is 1.06. The Morgan fingerprint density at radius 3 is 2.80 bits per heavy atom. The molecule has 0 amide bonds. The zero-order valence-corrected chi connectivity index (χ0v) is 10.5. The van der Waals surface area contributed by atoms with Gasteiger partial charge in [0.2, 0.25) is 5.43 Å². The molecule has 2 aromatic heterocycles. The molecule has 2 aromatic rings. The molecule has 0 unspecified atom stereocenters. The van der Waals surface area contributed by atoms with Gasteiger partial charge in [-0.3, -0.25) is 4.79 Å². The molecule has 104 valence electrons. The van der Waals surface area contributed by atoms with E-state index >= 15 is 0 Å². The van der Waals surface area contributed by atoms with Crippen LogP contribution in [-0.2, 0) is 5.67 Å². The van der Waals surface area contributed by atoms with Gasteiger partial charge in [0.15, 0.2) is 5.67 Å². The summed E-state index contributed by atoms with van der Waals surface area (Å²) < 4.78 is 27.2. The third kappa shape index (κ3) is 1.70. The first kappa shape index (κ1) is 13.0. The largest absolute Gasteiger partial charge is 0.477 e. The number of hydrogen-bond donors (Lipinski definition) is 2. The maximum Gasteiger partial charge on any atom is 0.341 e. The highest BCUT2D eigenvalue weighted by Crippen LogP contribution is 2.53. The molecule has 0 aromatic carbocycles. The molecule has 1 saturated carbocycles. The summed E-state index contributed by atoms with van der Waals surface area (Å²) in [6.07, 6.45) is -1.06. The van der Waals surface area contributed by atoms with E-state index in [1.807, 2.05) is 0 Å². The number of carbonyl (C=O) groups is 1. The van der Waals surface area contributed by atoms with E-state index in [1.54, 1.807) is 0 Å². The van der Waals surface area contributed by atoms with Gasteiger partial charge in [0, 0.05) is 18.2 Å². The Morgan fingerprint density at radius 1 is 1.60 bits per heavy atom. The van der Waals surface area contributed by atoms with Crippen LogP contribution in [0.2, 0.25) is 5.15 Å². The standard InChI is InChI=1S/C12H7ClF2N2O3/c13-9-6(12(15)2-7(12)14)1-4-8(18)5(11(19)20)3-16-10(4)17-9/h1,3,7H,2H2,(H,19,20)(H,16,17,18)/t7-,12+/m0/s1. The average molecular weight is 301 g/mol. The van der Waals surface area contributed by atoms with Crippen molar-refractivity contribution >= 4 is 28.6 Å². The number of carboxylic acid groups (broad SMARTS) is 1. The van der Waals surface area contributed by atoms with Gasteiger partial charge in [-0.05, 0) is 6.07 Å². The Labute approximate surface area is 115 Å². The van der Waals surface area contributed by atoms with E-state index in [0.717, 1.165) is 12.3 Å². The summed E-state index contributed by atoms with van der Waals surface area (Å²) in [6.45, 7) is 0. The molecule has 2 atom stereocenters. The smallest absolute Gasteiger partial charge is 0.341 e. The summed E-state index contributed by atoms with van der Waals surface area (Å²) in [7, 11) is 0. The Morgan fingerprint density at radius 2 is 2.25 bits per heavy atom. The van der Waals surface area contributed by atoms with Crippen LogP contribution in [0.4, 0.5) is 8.78 Å². The molecule has 20 heavy (non-hydrogen) atoms. The number of fused-ring (bicyclic) bond motifs is 1. The summed E-state index contributed by atoms with van der Waals surface area (Å²) >= 11 is 5.79. The van der Waals surface area contributed by atoms with Gasteiger partial charge >= 0.3 is 5.97 Å². The normalized spacial score (nSPS) is 24.9. The molecule has 1 aliphatic rings. The Hall–Kier alpha value is -2.02. The third-order valence-electron chi connectivity index (χ3n) is 3.31. The van der Waals surface area contributed by atoms with E-state index in [-0.39, 0.29) is 28.2 Å². The van der Waals surface area contributed by atoms with E-state index in [4.69, 9.17) is 16.7 Å². The van der Waals surface area contributed by atoms with Crippen molar-refractivity contribution in [1.29, 1.82) is 0 Å². The second-order valence-electron chi connectivity index (χ2n) is 4.59. The van der Waals surface area contributed by atoms with Crippen LogP contribution in [0, 0.1) is 0 Å². The summed E-state index contributed by atoms with van der Waals surface area (Å²) in [5.74, 6) is -1.42. The highest BCUT2D eigenvalue weighted by Gasteiger charge is 2.59. The van der Waals surface area contributed by atoms with Gasteiger partial charge in [-0.2, -0.15) is 0 Å². The Balaban J connectivity index is 2.31. The van der Waals surface area contributed by atoms with Gasteiger partial charge in [-0.15, -0.1) is 0 Å². The van der Waals surface area contributed by atoms with E-state index in [9.17, 15) is 18.4 Å². The van der Waals surface area contributed by atoms with Gasteiger partial charge in [-0.25, -0.2) is 18.6 Å². The van der Waals surface area contributed by atoms with Crippen LogP contribution in [0.3, 0.4) is 0 Å². The lowest BCUT2D eigenvalue weighted by Gasteiger charge is -2.09. The lowest BCUT2D eigenvalue weighted by molar-refractivity contribution is 0.0695. The molecular weight excluding hydrogens is 294 g/mol. The van der Waals surface area contributed by atoms with Crippen molar-refractivity contribution in [2.24, 2.45) is 0 Å². The number of H-pyrrole nitrogens is 1. The zero-order valence-electron chi connectivity index (χ0n) is 9.78. The third-order valence-corrected chi connectivity index (χ3v) is 3.60. The summed E-state index contributed by atoms with van der Waals surface area (Å²) in [5, 5.41) is 8.47. The van der Waals surface area contributed by atoms with Crippen LogP contribution in [0.5, 0.6) is 0 Å². The number of pyridine rings is 2. The highest BCUT2D eigenvalue weighted by atomic mass is 35.5. The van der Waals surface area contributed by atoms with Crippen molar-refractivity contribution in [2.75, 3.05) is 0 Å². The minimum absolute atomic E-state index is 0.0217. The van der Waals surface area contributed by atoms with Crippen molar-refractivity contribution in [3.63, 3.8) is 0 Å². The van der Waals surface area contributed by atoms with Crippen LogP contribution >= 0.6 is 11.6 Å². The Kier molecular flexibility index (Phi) is 2.59. The average Bonchev–Trinajstić information content (AvgIpc) is 2.97. The van der Waals surface area contributed by atoms with Crippen LogP contribution in [0.1, 0.15) is 22.3 Å². The lowest BCUT2D eigenvalue weighted by Crippen LogP contribution is -2.17. The number of aromatic nitrogens is 2. The fourth-order valence-electron chi connectivity index (χ4n) is 2.06. The summed E-state index contributed by atoms with van der Waals surface area (Å²) in [5.41, 5.74) is -3.78. The number of aromatic carboxylic acids is 1. The molecule has 1 fully saturated rings. The molecule has 8 heteroatoms. The number of nitrogens with zero attached hydrogens (tertiary/aromatic N) is 1. The van der Waals surface area contributed by atoms with Crippen molar-refractivity contribution in [2.45, 2.75) is 18.3 Å². The van der Waals surface area contributed by atoms with E-state index < -0.39 is 28.8 Å². The number of rotatable bonds is 2. The van der Waals surface area contributed by atoms with Crippen molar-refractivity contribution in [3.05, 3.63) is 38.8 Å². The molecule has 0 bridgehead atoms. The van der Waals surface area contributed by atoms with E-state index in [2.05, 4.69) is 9.97 Å². The first-order valence-corrected chi connectivity index (χ1v) is 6.01. The van der Waals surface area contributed by atoms with Crippen LogP contribution in [0.15, 0.2) is 17.1 Å². The predicted octanol–water partition coefficient (Wildman–Crippen LogP) is 2.18. The van der Waals surface area contributed by atoms with Crippen molar-refractivity contribution in [3.8, 4) is 0 Å². The molecule has 5 nitrogen and oxygen atoms in total. The minimum atomic E-state index is -2.25. The predicted molar refractivity (Wildman–Crippen MR) is 66.6 cm³/mol. The van der Waals surface area contributed by atoms with E-state index in [1.165, 1.54) is 0 Å². The molecule has 3 rings (SSSR count). The molecule has 0 saturated heterocycles. The monoisotopic (exact) mass is 300 g/mol. The number of carboxylic acids is 1. The maximum atomic E-state index is 14.1. The number of nitrogens with one attached hydrogen (secondary N) is 1. The highest BCUT2D eigenvalue weighted by molar-refractivity contribution is 6.30. The second kappa shape index (κ2) is 3.99. The van der Waals surface area contributed by atoms with Gasteiger partial charge in [0.05, 0.1) is 5.39 Å². The first-order chi connectivity index (χ1) is 9.34. The second-order valence-corrected chi connectivity index (χ2v) is 4.95. The fraction of sp³-hybridized carbons (Fsp3) is 0.250. The van der Waals surface area contributed by atoms with Crippen molar-refractivity contribution < 1.29 is 18.7 Å². The number of halogens is 3. The number of alkyl halides is 2. The lowest BCUT2D eigenvalue weighted by atomic mass is 10.1. The fourth-order valence-corrected chi connectivity index (χ4v) is 2.35. The number of aromatic amines is 1. The SMILES string of the molecule is O=C(O)c1c[nH]c2nc(Cl)c([C@]3(F)C[C@@H]3F)cc2c1=O. The Bertz CT molecular complexity index is 807. The van der Waals surface area contributed by atoms with Crippen molar-refractivity contribution in [1.82, 2.24) is 9.97 Å². The molecule has 1 aliphatic carbocycles. The van der Waals surface area contributed by atoms with Gasteiger partial charge in [0.25, 0.3) is 0 Å². The first-order valence-electron chi connectivity index (χ1n) is 5.63. The van der Waals surface area contributed by atoms with Crippen LogP contribution in [0.25, 0.3) is 11.0 Å².